The second kappa shape index (κ2) is 5.56. The lowest BCUT2D eigenvalue weighted by Crippen LogP contribution is -1.97. The Hall–Kier alpha value is -0.990. The quantitative estimate of drug-likeness (QED) is 0.776. The normalized spacial score (nSPS) is 10.3. The first kappa shape index (κ1) is 12.5. The van der Waals surface area contributed by atoms with Gasteiger partial charge in [0, 0.05) is 10.0 Å². The van der Waals surface area contributed by atoms with Gasteiger partial charge >= 0.3 is 0 Å². The summed E-state index contributed by atoms with van der Waals surface area (Å²) in [5.41, 5.74) is 2.33. The molecule has 2 rings (SSSR count). The summed E-state index contributed by atoms with van der Waals surface area (Å²) in [5.74, 6) is 0.710. The van der Waals surface area contributed by atoms with Crippen LogP contribution in [0, 0.1) is 6.92 Å². The molecule has 0 aliphatic carbocycles. The minimum absolute atomic E-state index is 0.505. The monoisotopic (exact) mass is 310 g/mol. The van der Waals surface area contributed by atoms with Crippen LogP contribution in [0.15, 0.2) is 46.9 Å². The molecule has 0 atom stereocenters. The third kappa shape index (κ3) is 3.24. The van der Waals surface area contributed by atoms with Crippen molar-refractivity contribution < 1.29 is 4.74 Å². The summed E-state index contributed by atoms with van der Waals surface area (Å²) in [6, 6.07) is 13.7. The predicted molar refractivity (Wildman–Crippen MR) is 74.7 cm³/mol. The number of aryl methyl sites for hydroxylation is 1. The van der Waals surface area contributed by atoms with Gasteiger partial charge < -0.3 is 4.74 Å². The van der Waals surface area contributed by atoms with Crippen LogP contribution in [-0.4, -0.2) is 0 Å². The highest BCUT2D eigenvalue weighted by atomic mass is 79.9. The van der Waals surface area contributed by atoms with E-state index in [9.17, 15) is 0 Å². The van der Waals surface area contributed by atoms with Crippen LogP contribution in [0.5, 0.6) is 5.75 Å². The highest BCUT2D eigenvalue weighted by Gasteiger charge is 2.03. The first-order valence-electron chi connectivity index (χ1n) is 5.29. The first-order valence-corrected chi connectivity index (χ1v) is 6.46. The van der Waals surface area contributed by atoms with Crippen LogP contribution < -0.4 is 4.74 Å². The lowest BCUT2D eigenvalue weighted by atomic mass is 10.2. The molecule has 0 aliphatic heterocycles. The Bertz CT molecular complexity index is 525. The Morgan fingerprint density at radius 3 is 2.65 bits per heavy atom. The Morgan fingerprint density at radius 2 is 1.94 bits per heavy atom. The standard InChI is InChI=1S/C14H12BrClO/c1-10-6-7-11(12(15)8-10)9-17-14-5-3-2-4-13(14)16/h2-8H,9H2,1H3. The molecule has 0 aromatic heterocycles. The van der Waals surface area contributed by atoms with Crippen molar-refractivity contribution in [3.05, 3.63) is 63.1 Å². The molecule has 0 N–H and O–H groups in total. The molecular formula is C14H12BrClO. The van der Waals surface area contributed by atoms with E-state index >= 15 is 0 Å². The fraction of sp³-hybridized carbons (Fsp3) is 0.143. The van der Waals surface area contributed by atoms with Crippen LogP contribution in [0.1, 0.15) is 11.1 Å². The summed E-state index contributed by atoms with van der Waals surface area (Å²) in [5, 5.41) is 0.635. The predicted octanol–water partition coefficient (Wildman–Crippen LogP) is 4.99. The van der Waals surface area contributed by atoms with E-state index in [1.54, 1.807) is 0 Å². The molecule has 0 unspecified atom stereocenters. The fourth-order valence-corrected chi connectivity index (χ4v) is 2.28. The van der Waals surface area contributed by atoms with Crippen LogP contribution in [0.2, 0.25) is 5.02 Å². The first-order chi connectivity index (χ1) is 8.16. The molecule has 0 fully saturated rings. The van der Waals surface area contributed by atoms with Crippen molar-refractivity contribution in [2.75, 3.05) is 0 Å². The number of halogens is 2. The SMILES string of the molecule is Cc1ccc(COc2ccccc2Cl)c(Br)c1. The zero-order chi connectivity index (χ0) is 12.3. The number of rotatable bonds is 3. The molecule has 0 aliphatic rings. The minimum Gasteiger partial charge on any atom is -0.487 e. The average molecular weight is 312 g/mol. The molecule has 0 bridgehead atoms. The summed E-state index contributed by atoms with van der Waals surface area (Å²) < 4.78 is 6.74. The van der Waals surface area contributed by atoms with Crippen LogP contribution in [0.4, 0.5) is 0 Å². The highest BCUT2D eigenvalue weighted by Crippen LogP contribution is 2.25. The molecule has 2 aromatic rings. The molecule has 0 heterocycles. The van der Waals surface area contributed by atoms with Crippen molar-refractivity contribution in [1.29, 1.82) is 0 Å². The van der Waals surface area contributed by atoms with Gasteiger partial charge in [0.05, 0.1) is 5.02 Å². The lowest BCUT2D eigenvalue weighted by Gasteiger charge is -2.09. The summed E-state index contributed by atoms with van der Waals surface area (Å²) >= 11 is 9.54. The van der Waals surface area contributed by atoms with E-state index in [4.69, 9.17) is 16.3 Å². The summed E-state index contributed by atoms with van der Waals surface area (Å²) in [7, 11) is 0. The number of benzene rings is 2. The third-order valence-electron chi connectivity index (χ3n) is 2.43. The molecule has 17 heavy (non-hydrogen) atoms. The molecule has 88 valence electrons. The maximum atomic E-state index is 6.02. The van der Waals surface area contributed by atoms with Gasteiger partial charge in [-0.25, -0.2) is 0 Å². The molecule has 1 nitrogen and oxygen atoms in total. The zero-order valence-corrected chi connectivity index (χ0v) is 11.8. The van der Waals surface area contributed by atoms with E-state index in [1.165, 1.54) is 5.56 Å². The second-order valence-corrected chi connectivity index (χ2v) is 5.08. The number of hydrogen-bond donors (Lipinski definition) is 0. The van der Waals surface area contributed by atoms with E-state index in [-0.39, 0.29) is 0 Å². The van der Waals surface area contributed by atoms with Crippen molar-refractivity contribution >= 4 is 27.5 Å². The summed E-state index contributed by atoms with van der Waals surface area (Å²) in [6.07, 6.45) is 0. The molecule has 0 amide bonds. The van der Waals surface area contributed by atoms with Crippen LogP contribution in [0.3, 0.4) is 0 Å². The van der Waals surface area contributed by atoms with Gasteiger partial charge in [-0.2, -0.15) is 0 Å². The Balaban J connectivity index is 2.10. The van der Waals surface area contributed by atoms with Gasteiger partial charge in [-0.3, -0.25) is 0 Å². The molecule has 0 saturated heterocycles. The van der Waals surface area contributed by atoms with Gasteiger partial charge in [0.1, 0.15) is 12.4 Å². The topological polar surface area (TPSA) is 9.23 Å². The smallest absolute Gasteiger partial charge is 0.138 e. The number of hydrogen-bond acceptors (Lipinski definition) is 1. The fourth-order valence-electron chi connectivity index (χ4n) is 1.49. The Morgan fingerprint density at radius 1 is 1.18 bits per heavy atom. The van der Waals surface area contributed by atoms with Gasteiger partial charge in [-0.15, -0.1) is 0 Å². The number of ether oxygens (including phenoxy) is 1. The van der Waals surface area contributed by atoms with Crippen molar-refractivity contribution in [3.8, 4) is 5.75 Å². The van der Waals surface area contributed by atoms with Crippen molar-refractivity contribution in [2.45, 2.75) is 13.5 Å². The molecule has 0 saturated carbocycles. The van der Waals surface area contributed by atoms with Gasteiger partial charge in [-0.1, -0.05) is 51.8 Å². The Labute approximate surface area is 115 Å². The van der Waals surface area contributed by atoms with Crippen molar-refractivity contribution in [1.82, 2.24) is 0 Å². The van der Waals surface area contributed by atoms with Crippen molar-refractivity contribution in [3.63, 3.8) is 0 Å². The zero-order valence-electron chi connectivity index (χ0n) is 9.41. The minimum atomic E-state index is 0.505. The second-order valence-electron chi connectivity index (χ2n) is 3.81. The molecular weight excluding hydrogens is 300 g/mol. The highest BCUT2D eigenvalue weighted by molar-refractivity contribution is 9.10. The summed E-state index contributed by atoms with van der Waals surface area (Å²) in [4.78, 5) is 0. The van der Waals surface area contributed by atoms with Crippen LogP contribution in [0.25, 0.3) is 0 Å². The van der Waals surface area contributed by atoms with Crippen LogP contribution in [-0.2, 0) is 6.61 Å². The van der Waals surface area contributed by atoms with Gasteiger partial charge in [0.2, 0.25) is 0 Å². The van der Waals surface area contributed by atoms with E-state index in [0.29, 0.717) is 17.4 Å². The van der Waals surface area contributed by atoms with E-state index in [2.05, 4.69) is 41.1 Å². The van der Waals surface area contributed by atoms with Gasteiger partial charge in [-0.05, 0) is 30.7 Å². The maximum absolute atomic E-state index is 6.02. The largest absolute Gasteiger partial charge is 0.487 e. The molecule has 3 heteroatoms. The molecule has 2 aromatic carbocycles. The average Bonchev–Trinajstić information content (AvgIpc) is 2.30. The van der Waals surface area contributed by atoms with E-state index in [1.807, 2.05) is 24.3 Å². The molecule has 0 spiro atoms. The van der Waals surface area contributed by atoms with E-state index in [0.717, 1.165) is 10.0 Å². The van der Waals surface area contributed by atoms with Crippen LogP contribution >= 0.6 is 27.5 Å². The van der Waals surface area contributed by atoms with Crippen molar-refractivity contribution in [2.24, 2.45) is 0 Å². The van der Waals surface area contributed by atoms with Gasteiger partial charge in [0.25, 0.3) is 0 Å². The molecule has 0 radical (unpaired) electrons. The lowest BCUT2D eigenvalue weighted by molar-refractivity contribution is 0.305. The summed E-state index contributed by atoms with van der Waals surface area (Å²) in [6.45, 7) is 2.56. The van der Waals surface area contributed by atoms with Gasteiger partial charge in [0.15, 0.2) is 0 Å². The number of para-hydroxylation sites is 1. The Kier molecular flexibility index (Phi) is 4.08. The maximum Gasteiger partial charge on any atom is 0.138 e. The van der Waals surface area contributed by atoms with E-state index < -0.39 is 0 Å². The third-order valence-corrected chi connectivity index (χ3v) is 3.48.